The van der Waals surface area contributed by atoms with Crippen LogP contribution in [-0.4, -0.2) is 23.2 Å². The average Bonchev–Trinajstić information content (AvgIpc) is 2.25. The van der Waals surface area contributed by atoms with Crippen LogP contribution in [0.1, 0.15) is 32.4 Å². The van der Waals surface area contributed by atoms with Gasteiger partial charge in [-0.1, -0.05) is 34.1 Å². The maximum Gasteiger partial charge on any atom is 0.408 e. The molecule has 6 nitrogen and oxygen atoms in total. The van der Waals surface area contributed by atoms with E-state index in [9.17, 15) is 14.9 Å². The lowest BCUT2D eigenvalue weighted by Gasteiger charge is -2.22. The van der Waals surface area contributed by atoms with E-state index in [1.54, 1.807) is 45.0 Å². The number of carbonyl (C=O) groups excluding carboxylic acids is 1. The van der Waals surface area contributed by atoms with Gasteiger partial charge in [-0.3, -0.25) is 10.1 Å². The molecular weight excluding hydrogens is 328 g/mol. The third-order valence-electron chi connectivity index (χ3n) is 2.30. The van der Waals surface area contributed by atoms with Crippen LogP contribution in [0.25, 0.3) is 0 Å². The maximum atomic E-state index is 11.8. The number of halogens is 1. The Bertz CT molecular complexity index is 499. The number of ether oxygens (including phenoxy) is 1. The normalized spacial score (nSPS) is 12.6. The van der Waals surface area contributed by atoms with Crippen molar-refractivity contribution in [2.24, 2.45) is 0 Å². The molecule has 0 aliphatic carbocycles. The lowest BCUT2D eigenvalue weighted by atomic mass is 10.1. The van der Waals surface area contributed by atoms with Gasteiger partial charge in [0.15, 0.2) is 0 Å². The standard InChI is InChI=1S/C13H17BrN2O4/c1-13(2,3)20-12(17)15-11(8-16(18)19)9-6-4-5-7-10(9)14/h4-7,11H,8H2,1-3H3,(H,15,17). The van der Waals surface area contributed by atoms with Crippen molar-refractivity contribution < 1.29 is 14.5 Å². The average molecular weight is 345 g/mol. The number of benzene rings is 1. The summed E-state index contributed by atoms with van der Waals surface area (Å²) in [6.07, 6.45) is -0.680. The Morgan fingerprint density at radius 1 is 1.45 bits per heavy atom. The number of nitro groups is 1. The van der Waals surface area contributed by atoms with Crippen LogP contribution in [0.5, 0.6) is 0 Å². The number of amides is 1. The summed E-state index contributed by atoms with van der Waals surface area (Å²) in [6, 6.07) is 6.28. The van der Waals surface area contributed by atoms with Gasteiger partial charge >= 0.3 is 6.09 Å². The van der Waals surface area contributed by atoms with Gasteiger partial charge in [0.05, 0.1) is 0 Å². The Morgan fingerprint density at radius 2 is 2.05 bits per heavy atom. The number of hydrogen-bond acceptors (Lipinski definition) is 4. The molecule has 1 atom stereocenters. The highest BCUT2D eigenvalue weighted by molar-refractivity contribution is 9.10. The molecule has 1 amide bonds. The molecule has 0 radical (unpaired) electrons. The van der Waals surface area contributed by atoms with Crippen molar-refractivity contribution in [3.05, 3.63) is 44.4 Å². The van der Waals surface area contributed by atoms with Gasteiger partial charge in [-0.2, -0.15) is 0 Å². The van der Waals surface area contributed by atoms with Crippen LogP contribution in [0, 0.1) is 10.1 Å². The molecule has 1 N–H and O–H groups in total. The van der Waals surface area contributed by atoms with Gasteiger partial charge in [0.2, 0.25) is 6.54 Å². The first-order valence-electron chi connectivity index (χ1n) is 6.05. The molecule has 0 saturated carbocycles. The van der Waals surface area contributed by atoms with Gasteiger partial charge in [-0.15, -0.1) is 0 Å². The molecule has 1 unspecified atom stereocenters. The largest absolute Gasteiger partial charge is 0.444 e. The Labute approximate surface area is 125 Å². The summed E-state index contributed by atoms with van der Waals surface area (Å²) >= 11 is 3.32. The molecule has 0 aromatic heterocycles. The third kappa shape index (κ3) is 5.56. The van der Waals surface area contributed by atoms with E-state index in [-0.39, 0.29) is 0 Å². The lowest BCUT2D eigenvalue weighted by Crippen LogP contribution is -2.37. The Hall–Kier alpha value is -1.63. The van der Waals surface area contributed by atoms with Crippen LogP contribution in [0.4, 0.5) is 4.79 Å². The van der Waals surface area contributed by atoms with E-state index in [4.69, 9.17) is 4.74 Å². The van der Waals surface area contributed by atoms with Crippen molar-refractivity contribution in [2.45, 2.75) is 32.4 Å². The van der Waals surface area contributed by atoms with E-state index in [1.807, 2.05) is 0 Å². The fourth-order valence-corrected chi connectivity index (χ4v) is 2.14. The van der Waals surface area contributed by atoms with Crippen molar-refractivity contribution in [2.75, 3.05) is 6.54 Å². The molecule has 1 aromatic carbocycles. The molecular formula is C13H17BrN2O4. The van der Waals surface area contributed by atoms with Gasteiger partial charge in [0.25, 0.3) is 0 Å². The minimum atomic E-state index is -0.754. The Balaban J connectivity index is 2.88. The molecule has 0 spiro atoms. The van der Waals surface area contributed by atoms with Crippen LogP contribution >= 0.6 is 15.9 Å². The van der Waals surface area contributed by atoms with E-state index in [0.717, 1.165) is 0 Å². The zero-order valence-electron chi connectivity index (χ0n) is 11.6. The van der Waals surface area contributed by atoms with Gasteiger partial charge < -0.3 is 10.1 Å². The summed E-state index contributed by atoms with van der Waals surface area (Å²) in [5.41, 5.74) is -0.0213. The first-order chi connectivity index (χ1) is 9.19. The van der Waals surface area contributed by atoms with E-state index < -0.39 is 29.2 Å². The third-order valence-corrected chi connectivity index (χ3v) is 3.03. The van der Waals surface area contributed by atoms with Crippen molar-refractivity contribution >= 4 is 22.0 Å². The number of rotatable bonds is 4. The van der Waals surface area contributed by atoms with Crippen molar-refractivity contribution in [1.82, 2.24) is 5.32 Å². The topological polar surface area (TPSA) is 81.5 Å². The zero-order chi connectivity index (χ0) is 15.3. The SMILES string of the molecule is CC(C)(C)OC(=O)NC(C[N+](=O)[O-])c1ccccc1Br. The van der Waals surface area contributed by atoms with Gasteiger partial charge in [-0.25, -0.2) is 4.79 Å². The number of nitrogens with one attached hydrogen (secondary N) is 1. The maximum absolute atomic E-state index is 11.8. The minimum Gasteiger partial charge on any atom is -0.444 e. The molecule has 0 aliphatic heterocycles. The molecule has 20 heavy (non-hydrogen) atoms. The van der Waals surface area contributed by atoms with E-state index >= 15 is 0 Å². The second-order valence-corrected chi connectivity index (χ2v) is 6.09. The number of carbonyl (C=O) groups is 1. The van der Waals surface area contributed by atoms with Gasteiger partial charge in [-0.05, 0) is 32.4 Å². The monoisotopic (exact) mass is 344 g/mol. The van der Waals surface area contributed by atoms with Crippen LogP contribution in [-0.2, 0) is 4.74 Å². The zero-order valence-corrected chi connectivity index (χ0v) is 13.1. The Kier molecular flexibility index (Phi) is 5.50. The van der Waals surface area contributed by atoms with E-state index in [1.165, 1.54) is 0 Å². The summed E-state index contributed by atoms with van der Waals surface area (Å²) in [4.78, 5) is 22.1. The molecule has 0 saturated heterocycles. The summed E-state index contributed by atoms with van der Waals surface area (Å²) < 4.78 is 5.82. The summed E-state index contributed by atoms with van der Waals surface area (Å²) in [5.74, 6) is 0. The second kappa shape index (κ2) is 6.69. The van der Waals surface area contributed by atoms with Crippen LogP contribution in [0.3, 0.4) is 0 Å². The quantitative estimate of drug-likeness (QED) is 0.671. The molecule has 0 bridgehead atoms. The smallest absolute Gasteiger partial charge is 0.408 e. The lowest BCUT2D eigenvalue weighted by molar-refractivity contribution is -0.484. The Morgan fingerprint density at radius 3 is 2.55 bits per heavy atom. The van der Waals surface area contributed by atoms with Crippen LogP contribution in [0.2, 0.25) is 0 Å². The highest BCUT2D eigenvalue weighted by Crippen LogP contribution is 2.23. The van der Waals surface area contributed by atoms with Crippen molar-refractivity contribution in [3.63, 3.8) is 0 Å². The summed E-state index contributed by atoms with van der Waals surface area (Å²) in [7, 11) is 0. The number of hydrogen-bond donors (Lipinski definition) is 1. The van der Waals surface area contributed by atoms with E-state index in [0.29, 0.717) is 10.0 Å². The highest BCUT2D eigenvalue weighted by atomic mass is 79.9. The van der Waals surface area contributed by atoms with Gasteiger partial charge in [0.1, 0.15) is 11.6 Å². The molecule has 110 valence electrons. The predicted octanol–water partition coefficient (Wildman–Crippen LogP) is 3.29. The first-order valence-corrected chi connectivity index (χ1v) is 6.84. The molecule has 7 heteroatoms. The van der Waals surface area contributed by atoms with Crippen LogP contribution in [0.15, 0.2) is 28.7 Å². The second-order valence-electron chi connectivity index (χ2n) is 5.24. The number of alkyl carbamates (subject to hydrolysis) is 1. The van der Waals surface area contributed by atoms with E-state index in [2.05, 4.69) is 21.2 Å². The fraction of sp³-hybridized carbons (Fsp3) is 0.462. The first kappa shape index (κ1) is 16.4. The fourth-order valence-electron chi connectivity index (χ4n) is 1.58. The van der Waals surface area contributed by atoms with Crippen LogP contribution < -0.4 is 5.32 Å². The molecule has 1 rings (SSSR count). The molecule has 0 fully saturated rings. The molecule has 0 heterocycles. The predicted molar refractivity (Wildman–Crippen MR) is 78.1 cm³/mol. The molecule has 1 aromatic rings. The van der Waals surface area contributed by atoms with Crippen molar-refractivity contribution in [1.29, 1.82) is 0 Å². The minimum absolute atomic E-state index is 0.415. The summed E-state index contributed by atoms with van der Waals surface area (Å²) in [6.45, 7) is 4.77. The van der Waals surface area contributed by atoms with Gasteiger partial charge in [0, 0.05) is 9.40 Å². The number of nitrogens with zero attached hydrogens (tertiary/aromatic N) is 1. The highest BCUT2D eigenvalue weighted by Gasteiger charge is 2.25. The summed E-state index contributed by atoms with van der Waals surface area (Å²) in [5, 5.41) is 13.3. The van der Waals surface area contributed by atoms with Crippen molar-refractivity contribution in [3.8, 4) is 0 Å². The molecule has 0 aliphatic rings.